The monoisotopic (exact) mass is 368 g/mol. The maximum Gasteiger partial charge on any atom is 0.119 e. The van der Waals surface area contributed by atoms with Crippen LogP contribution in [-0.2, 0) is 10.8 Å². The lowest BCUT2D eigenvalue weighted by Gasteiger charge is -2.19. The first-order valence-electron chi connectivity index (χ1n) is 7.60. The van der Waals surface area contributed by atoms with E-state index in [9.17, 15) is 10.2 Å². The topological polar surface area (TPSA) is 40.5 Å². The molecule has 0 aliphatic heterocycles. The second-order valence-electron chi connectivity index (χ2n) is 7.53. The fourth-order valence-corrected chi connectivity index (χ4v) is 2.22. The number of hydrogen-bond acceptors (Lipinski definition) is 2. The van der Waals surface area contributed by atoms with Crippen LogP contribution in [0, 0.1) is 0 Å². The van der Waals surface area contributed by atoms with E-state index in [1.807, 2.05) is 36.4 Å². The summed E-state index contributed by atoms with van der Waals surface area (Å²) >= 11 is 0. The number of para-hydroxylation sites is 2. The highest BCUT2D eigenvalue weighted by atomic mass is 32.1. The molecule has 2 aromatic rings. The summed E-state index contributed by atoms with van der Waals surface area (Å²) in [6.45, 7) is 12.5. The van der Waals surface area contributed by atoms with Crippen molar-refractivity contribution >= 4 is 27.0 Å². The summed E-state index contributed by atoms with van der Waals surface area (Å²) in [7, 11) is 0. The van der Waals surface area contributed by atoms with Gasteiger partial charge in [-0.05, 0) is 34.1 Å². The highest BCUT2D eigenvalue weighted by Crippen LogP contribution is 2.30. The first-order chi connectivity index (χ1) is 10.0. The summed E-state index contributed by atoms with van der Waals surface area (Å²) in [5, 5.41) is 18.9. The Morgan fingerprint density at radius 1 is 0.542 bits per heavy atom. The van der Waals surface area contributed by atoms with E-state index >= 15 is 0 Å². The summed E-state index contributed by atoms with van der Waals surface area (Å²) in [6.07, 6.45) is 0. The fourth-order valence-electron chi connectivity index (χ4n) is 2.22. The van der Waals surface area contributed by atoms with Crippen molar-refractivity contribution in [2.45, 2.75) is 52.4 Å². The molecule has 0 aliphatic carbocycles. The van der Waals surface area contributed by atoms with Crippen molar-refractivity contribution in [1.82, 2.24) is 0 Å². The van der Waals surface area contributed by atoms with Gasteiger partial charge in [-0.2, -0.15) is 27.0 Å². The zero-order valence-corrected chi connectivity index (χ0v) is 17.5. The van der Waals surface area contributed by atoms with Gasteiger partial charge in [0.2, 0.25) is 0 Å². The molecule has 2 rings (SSSR count). The first-order valence-corrected chi connectivity index (χ1v) is 7.60. The van der Waals surface area contributed by atoms with Crippen LogP contribution in [0.15, 0.2) is 48.5 Å². The van der Waals surface area contributed by atoms with Gasteiger partial charge in [0.05, 0.1) is 0 Å². The number of benzene rings is 2. The van der Waals surface area contributed by atoms with Crippen molar-refractivity contribution in [3.63, 3.8) is 0 Å². The van der Waals surface area contributed by atoms with Crippen molar-refractivity contribution in [1.29, 1.82) is 0 Å². The summed E-state index contributed by atoms with van der Waals surface area (Å²) in [6, 6.07) is 14.9. The number of hydrogen-bond donors (Lipinski definition) is 2. The molecule has 0 saturated carbocycles. The fraction of sp³-hybridized carbons (Fsp3) is 0.400. The minimum absolute atomic E-state index is 0. The lowest BCUT2D eigenvalue weighted by atomic mass is 9.86. The highest BCUT2D eigenvalue weighted by Gasteiger charge is 2.17. The summed E-state index contributed by atoms with van der Waals surface area (Å²) in [4.78, 5) is 0. The molecule has 0 aromatic heterocycles. The lowest BCUT2D eigenvalue weighted by Crippen LogP contribution is -2.10. The largest absolute Gasteiger partial charge is 0.508 e. The van der Waals surface area contributed by atoms with Crippen LogP contribution in [-0.4, -0.2) is 10.2 Å². The molecule has 0 atom stereocenters. The maximum atomic E-state index is 9.45. The van der Waals surface area contributed by atoms with Gasteiger partial charge >= 0.3 is 0 Å². The van der Waals surface area contributed by atoms with Gasteiger partial charge in [0, 0.05) is 0 Å². The summed E-state index contributed by atoms with van der Waals surface area (Å²) in [5.41, 5.74) is 2.07. The summed E-state index contributed by atoms with van der Waals surface area (Å²) in [5.74, 6) is 0.778. The molecular weight excluding hydrogens is 336 g/mol. The molecule has 0 fully saturated rings. The Morgan fingerprint density at radius 3 is 0.958 bits per heavy atom. The predicted molar refractivity (Wildman–Crippen MR) is 114 cm³/mol. The number of rotatable bonds is 0. The van der Waals surface area contributed by atoms with Crippen molar-refractivity contribution in [3.8, 4) is 11.5 Å². The van der Waals surface area contributed by atoms with E-state index in [2.05, 4.69) is 41.5 Å². The Labute approximate surface area is 160 Å². The molecule has 2 N–H and O–H groups in total. The molecule has 0 bridgehead atoms. The quantitative estimate of drug-likeness (QED) is 0.635. The molecule has 0 spiro atoms. The van der Waals surface area contributed by atoms with Crippen LogP contribution in [0.5, 0.6) is 11.5 Å². The molecule has 4 heteroatoms. The van der Waals surface area contributed by atoms with Crippen molar-refractivity contribution in [3.05, 3.63) is 59.7 Å². The van der Waals surface area contributed by atoms with E-state index in [0.717, 1.165) is 11.1 Å². The highest BCUT2D eigenvalue weighted by molar-refractivity contribution is 7.59. The molecule has 24 heavy (non-hydrogen) atoms. The molecule has 2 aromatic carbocycles. The third-order valence-corrected chi connectivity index (χ3v) is 3.42. The Kier molecular flexibility index (Phi) is 10.3. The number of phenolic OH excluding ortho intramolecular Hbond substituents is 2. The van der Waals surface area contributed by atoms with Crippen LogP contribution >= 0.6 is 27.0 Å². The van der Waals surface area contributed by atoms with Gasteiger partial charge in [-0.1, -0.05) is 77.9 Å². The molecule has 2 nitrogen and oxygen atoms in total. The van der Waals surface area contributed by atoms with E-state index in [4.69, 9.17) is 0 Å². The van der Waals surface area contributed by atoms with Gasteiger partial charge in [-0.3, -0.25) is 0 Å². The normalized spacial score (nSPS) is 10.6. The minimum Gasteiger partial charge on any atom is -0.508 e. The second-order valence-corrected chi connectivity index (χ2v) is 7.53. The molecule has 0 saturated heterocycles. The molecule has 0 amide bonds. The van der Waals surface area contributed by atoms with E-state index in [1.54, 1.807) is 12.1 Å². The zero-order valence-electron chi connectivity index (χ0n) is 15.5. The Morgan fingerprint density at radius 2 is 0.792 bits per heavy atom. The van der Waals surface area contributed by atoms with Gasteiger partial charge < -0.3 is 10.2 Å². The molecule has 0 heterocycles. The molecule has 0 radical (unpaired) electrons. The molecule has 136 valence electrons. The van der Waals surface area contributed by atoms with E-state index < -0.39 is 0 Å². The van der Waals surface area contributed by atoms with Crippen molar-refractivity contribution in [2.75, 3.05) is 0 Å². The molecule has 0 unspecified atom stereocenters. The van der Waals surface area contributed by atoms with E-state index in [-0.39, 0.29) is 37.8 Å². The lowest BCUT2D eigenvalue weighted by molar-refractivity contribution is 0.446. The van der Waals surface area contributed by atoms with Gasteiger partial charge in [-0.15, -0.1) is 0 Å². The number of phenols is 2. The third kappa shape index (κ3) is 7.54. The minimum atomic E-state index is 0. The van der Waals surface area contributed by atoms with Crippen molar-refractivity contribution < 1.29 is 10.2 Å². The van der Waals surface area contributed by atoms with Gasteiger partial charge in [0.25, 0.3) is 0 Å². The van der Waals surface area contributed by atoms with Gasteiger partial charge in [0.1, 0.15) is 11.5 Å². The second kappa shape index (κ2) is 9.90. The third-order valence-electron chi connectivity index (χ3n) is 3.42. The van der Waals surface area contributed by atoms with Crippen LogP contribution in [0.4, 0.5) is 0 Å². The summed E-state index contributed by atoms with van der Waals surface area (Å²) < 4.78 is 0. The molecular formula is C20H32O2S2. The molecule has 0 aliphatic rings. The van der Waals surface area contributed by atoms with E-state index in [0.29, 0.717) is 11.5 Å². The standard InChI is InChI=1S/2C10H14O.2H2S/c2*1-10(2,3)8-6-4-5-7-9(8)11;;/h2*4-7,11H,1-3H3;2*1H2. The van der Waals surface area contributed by atoms with Crippen LogP contribution in [0.3, 0.4) is 0 Å². The first kappa shape index (κ1) is 25.0. The number of aromatic hydroxyl groups is 2. The van der Waals surface area contributed by atoms with Crippen LogP contribution in [0.25, 0.3) is 0 Å². The van der Waals surface area contributed by atoms with Gasteiger partial charge in [-0.25, -0.2) is 0 Å². The SMILES string of the molecule is CC(C)(C)c1ccccc1O.CC(C)(C)c1ccccc1O.S.S. The average Bonchev–Trinajstić information content (AvgIpc) is 2.37. The van der Waals surface area contributed by atoms with Crippen LogP contribution in [0.2, 0.25) is 0 Å². The van der Waals surface area contributed by atoms with Gasteiger partial charge in [0.15, 0.2) is 0 Å². The maximum absolute atomic E-state index is 9.45. The Balaban J connectivity index is 0. The van der Waals surface area contributed by atoms with Crippen LogP contribution < -0.4 is 0 Å². The Bertz CT molecular complexity index is 556. The van der Waals surface area contributed by atoms with Crippen molar-refractivity contribution in [2.24, 2.45) is 0 Å². The average molecular weight is 369 g/mol. The smallest absolute Gasteiger partial charge is 0.119 e. The Hall–Kier alpha value is -1.26. The van der Waals surface area contributed by atoms with Crippen LogP contribution in [0.1, 0.15) is 52.7 Å². The zero-order chi connectivity index (χ0) is 17.0. The predicted octanol–water partition coefficient (Wildman–Crippen LogP) is 5.61. The van der Waals surface area contributed by atoms with E-state index in [1.165, 1.54) is 0 Å².